The lowest BCUT2D eigenvalue weighted by Gasteiger charge is -2.16. The number of anilines is 1. The topological polar surface area (TPSA) is 29.1 Å². The molecule has 0 heterocycles. The number of nitrogens with one attached hydrogen (secondary N) is 1. The van der Waals surface area contributed by atoms with Gasteiger partial charge in [0.15, 0.2) is 0 Å². The molecule has 0 unspecified atom stereocenters. The Kier molecular flexibility index (Phi) is 5.71. The third-order valence-corrected chi connectivity index (χ3v) is 4.88. The molecule has 0 saturated carbocycles. The van der Waals surface area contributed by atoms with Crippen LogP contribution < -0.4 is 5.32 Å². The van der Waals surface area contributed by atoms with E-state index in [9.17, 15) is 9.18 Å². The van der Waals surface area contributed by atoms with Gasteiger partial charge in [0.05, 0.1) is 10.3 Å². The Morgan fingerprint density at radius 1 is 1.17 bits per heavy atom. The first-order valence-corrected chi connectivity index (χ1v) is 8.54. The van der Waals surface area contributed by atoms with Crippen molar-refractivity contribution in [3.63, 3.8) is 0 Å². The van der Waals surface area contributed by atoms with Crippen LogP contribution in [0.3, 0.4) is 0 Å². The van der Waals surface area contributed by atoms with Crippen LogP contribution in [0, 0.1) is 26.6 Å². The Hall–Kier alpha value is -1.52. The third kappa shape index (κ3) is 4.49. The quantitative estimate of drug-likeness (QED) is 0.734. The van der Waals surface area contributed by atoms with Gasteiger partial charge >= 0.3 is 0 Å². The number of hydrogen-bond donors (Lipinski definition) is 1. The van der Waals surface area contributed by atoms with E-state index in [2.05, 4.69) is 5.32 Å². The molecular formula is C18H19ClFNOS. The number of benzene rings is 2. The molecule has 1 N–H and O–H groups in total. The molecule has 2 rings (SSSR count). The van der Waals surface area contributed by atoms with Gasteiger partial charge in [-0.25, -0.2) is 4.39 Å². The summed E-state index contributed by atoms with van der Waals surface area (Å²) in [5, 5.41) is 2.73. The number of aryl methyl sites for hydroxylation is 3. The maximum absolute atomic E-state index is 13.2. The molecule has 0 spiro atoms. The SMILES string of the molecule is Cc1cc(C)c(NC(=O)[C@@H](C)Sc2ccc(F)c(Cl)c2)c(C)c1. The van der Waals surface area contributed by atoms with Gasteiger partial charge in [0, 0.05) is 10.6 Å². The molecule has 23 heavy (non-hydrogen) atoms. The van der Waals surface area contributed by atoms with Gasteiger partial charge in [-0.1, -0.05) is 29.3 Å². The summed E-state index contributed by atoms with van der Waals surface area (Å²) >= 11 is 7.12. The van der Waals surface area contributed by atoms with E-state index in [4.69, 9.17) is 11.6 Å². The highest BCUT2D eigenvalue weighted by molar-refractivity contribution is 8.00. The van der Waals surface area contributed by atoms with Gasteiger partial charge in [0.1, 0.15) is 5.82 Å². The average Bonchev–Trinajstić information content (AvgIpc) is 2.46. The standard InChI is InChI=1S/C18H19ClFNOS/c1-10-7-11(2)17(12(3)8-10)21-18(22)13(4)23-14-5-6-16(20)15(19)9-14/h5-9,13H,1-4H3,(H,21,22)/t13-/m1/s1. The molecule has 2 nitrogen and oxygen atoms in total. The monoisotopic (exact) mass is 351 g/mol. The van der Waals surface area contributed by atoms with E-state index in [1.165, 1.54) is 29.5 Å². The lowest BCUT2D eigenvalue weighted by atomic mass is 10.1. The van der Waals surface area contributed by atoms with Crippen molar-refractivity contribution in [2.45, 2.75) is 37.8 Å². The molecule has 0 aliphatic heterocycles. The van der Waals surface area contributed by atoms with Crippen molar-refractivity contribution < 1.29 is 9.18 Å². The number of rotatable bonds is 4. The summed E-state index contributed by atoms with van der Waals surface area (Å²) in [5.74, 6) is -0.551. The number of amides is 1. The second kappa shape index (κ2) is 7.37. The number of carbonyl (C=O) groups excluding carboxylic acids is 1. The summed E-state index contributed by atoms with van der Waals surface area (Å²) < 4.78 is 13.2. The molecule has 0 aliphatic carbocycles. The largest absolute Gasteiger partial charge is 0.325 e. The summed E-state index contributed by atoms with van der Waals surface area (Å²) in [4.78, 5) is 13.2. The zero-order valence-electron chi connectivity index (χ0n) is 13.5. The lowest BCUT2D eigenvalue weighted by Crippen LogP contribution is -2.23. The summed E-state index contributed by atoms with van der Waals surface area (Å²) in [7, 11) is 0. The van der Waals surface area contributed by atoms with E-state index in [-0.39, 0.29) is 16.2 Å². The summed E-state index contributed by atoms with van der Waals surface area (Å²) in [6.45, 7) is 7.80. The van der Waals surface area contributed by atoms with Crippen LogP contribution in [0.2, 0.25) is 5.02 Å². The van der Waals surface area contributed by atoms with Crippen molar-refractivity contribution in [2.75, 3.05) is 5.32 Å². The Balaban J connectivity index is 2.10. The molecule has 0 radical (unpaired) electrons. The van der Waals surface area contributed by atoms with E-state index in [1.54, 1.807) is 6.07 Å². The number of hydrogen-bond acceptors (Lipinski definition) is 2. The van der Waals surface area contributed by atoms with Crippen molar-refractivity contribution in [3.8, 4) is 0 Å². The Morgan fingerprint density at radius 2 is 1.78 bits per heavy atom. The van der Waals surface area contributed by atoms with E-state index < -0.39 is 5.82 Å². The highest BCUT2D eigenvalue weighted by Gasteiger charge is 2.17. The van der Waals surface area contributed by atoms with Gasteiger partial charge in [-0.2, -0.15) is 0 Å². The van der Waals surface area contributed by atoms with Crippen LogP contribution in [0.5, 0.6) is 0 Å². The molecule has 122 valence electrons. The fourth-order valence-electron chi connectivity index (χ4n) is 2.41. The fourth-order valence-corrected chi connectivity index (χ4v) is 3.56. The Morgan fingerprint density at radius 3 is 2.35 bits per heavy atom. The van der Waals surface area contributed by atoms with Crippen molar-refractivity contribution in [1.29, 1.82) is 0 Å². The molecule has 1 atom stereocenters. The molecule has 5 heteroatoms. The van der Waals surface area contributed by atoms with Crippen molar-refractivity contribution in [3.05, 3.63) is 57.9 Å². The minimum atomic E-state index is -0.459. The normalized spacial score (nSPS) is 12.1. The van der Waals surface area contributed by atoms with Crippen molar-refractivity contribution in [2.24, 2.45) is 0 Å². The maximum atomic E-state index is 13.2. The minimum absolute atomic E-state index is 0.0628. The van der Waals surface area contributed by atoms with Crippen molar-refractivity contribution >= 4 is 35.0 Å². The highest BCUT2D eigenvalue weighted by atomic mass is 35.5. The number of halogens is 2. The van der Waals surface area contributed by atoms with E-state index in [0.29, 0.717) is 0 Å². The Labute approximate surface area is 145 Å². The van der Waals surface area contributed by atoms with E-state index in [1.807, 2.05) is 39.8 Å². The average molecular weight is 352 g/mol. The first-order valence-electron chi connectivity index (χ1n) is 7.28. The minimum Gasteiger partial charge on any atom is -0.325 e. The van der Waals surface area contributed by atoms with Crippen LogP contribution in [0.25, 0.3) is 0 Å². The fraction of sp³-hybridized carbons (Fsp3) is 0.278. The summed E-state index contributed by atoms with van der Waals surface area (Å²) in [6.07, 6.45) is 0. The first kappa shape index (κ1) is 17.8. The van der Waals surface area contributed by atoms with Gasteiger partial charge in [0.25, 0.3) is 0 Å². The molecule has 0 fully saturated rings. The van der Waals surface area contributed by atoms with E-state index in [0.717, 1.165) is 21.7 Å². The maximum Gasteiger partial charge on any atom is 0.237 e. The second-order valence-electron chi connectivity index (χ2n) is 5.60. The smallest absolute Gasteiger partial charge is 0.237 e. The molecule has 1 amide bonds. The zero-order valence-corrected chi connectivity index (χ0v) is 15.1. The predicted molar refractivity (Wildman–Crippen MR) is 96.0 cm³/mol. The molecule has 0 aliphatic rings. The van der Waals surface area contributed by atoms with Crippen LogP contribution in [-0.4, -0.2) is 11.2 Å². The number of carbonyl (C=O) groups is 1. The molecule has 0 saturated heterocycles. The van der Waals surface area contributed by atoms with Gasteiger partial charge in [0.2, 0.25) is 5.91 Å². The Bertz CT molecular complexity index is 725. The zero-order chi connectivity index (χ0) is 17.1. The predicted octanol–water partition coefficient (Wildman–Crippen LogP) is 5.52. The van der Waals surface area contributed by atoms with Gasteiger partial charge in [-0.05, 0) is 57.0 Å². The molecular weight excluding hydrogens is 333 g/mol. The summed E-state index contributed by atoms with van der Waals surface area (Å²) in [5.41, 5.74) is 4.10. The van der Waals surface area contributed by atoms with Gasteiger partial charge in [-0.3, -0.25) is 4.79 Å². The van der Waals surface area contributed by atoms with Crippen LogP contribution in [0.1, 0.15) is 23.6 Å². The van der Waals surface area contributed by atoms with Crippen LogP contribution >= 0.6 is 23.4 Å². The van der Waals surface area contributed by atoms with Crippen LogP contribution in [0.4, 0.5) is 10.1 Å². The van der Waals surface area contributed by atoms with Crippen LogP contribution in [0.15, 0.2) is 35.2 Å². The van der Waals surface area contributed by atoms with Gasteiger partial charge in [-0.15, -0.1) is 11.8 Å². The van der Waals surface area contributed by atoms with Crippen molar-refractivity contribution in [1.82, 2.24) is 0 Å². The molecule has 2 aromatic rings. The summed E-state index contributed by atoms with van der Waals surface area (Å²) in [6, 6.07) is 8.55. The van der Waals surface area contributed by atoms with Crippen LogP contribution in [-0.2, 0) is 4.79 Å². The van der Waals surface area contributed by atoms with Gasteiger partial charge < -0.3 is 5.32 Å². The lowest BCUT2D eigenvalue weighted by molar-refractivity contribution is -0.115. The van der Waals surface area contributed by atoms with E-state index >= 15 is 0 Å². The number of thioether (sulfide) groups is 1. The molecule has 0 aromatic heterocycles. The highest BCUT2D eigenvalue weighted by Crippen LogP contribution is 2.29. The third-order valence-electron chi connectivity index (χ3n) is 3.50. The molecule has 2 aromatic carbocycles. The second-order valence-corrected chi connectivity index (χ2v) is 7.42. The first-order chi connectivity index (χ1) is 10.8. The molecule has 0 bridgehead atoms.